The molecule has 14 nitrogen and oxygen atoms in total. The summed E-state index contributed by atoms with van der Waals surface area (Å²) in [6.45, 7) is 2.82. The van der Waals surface area contributed by atoms with E-state index in [9.17, 15) is 45.6 Å². The van der Waals surface area contributed by atoms with E-state index in [0.29, 0.717) is 12.8 Å². The third kappa shape index (κ3) is 53.0. The predicted molar refractivity (Wildman–Crippen MR) is 420 cm³/mol. The summed E-state index contributed by atoms with van der Waals surface area (Å²) in [6.07, 6.45) is 81.6. The highest BCUT2D eigenvalue weighted by atomic mass is 16.7. The number of unbranched alkanes of at least 4 members (excludes halogenated alkanes) is 49. The topological polar surface area (TPSA) is 228 Å². The number of amides is 1. The fourth-order valence-electron chi connectivity index (χ4n) is 13.9. The summed E-state index contributed by atoms with van der Waals surface area (Å²) in [5.74, 6) is -0.247. The summed E-state index contributed by atoms with van der Waals surface area (Å²) in [7, 11) is 0. The number of allylic oxidation sites excluding steroid dienone is 11. The number of aliphatic hydroxyl groups is 8. The molecule has 101 heavy (non-hydrogen) atoms. The largest absolute Gasteiger partial charge is 0.394 e. The van der Waals surface area contributed by atoms with Crippen molar-refractivity contribution >= 4 is 5.91 Å². The zero-order valence-corrected chi connectivity index (χ0v) is 64.9. The van der Waals surface area contributed by atoms with Crippen LogP contribution in [0.3, 0.4) is 0 Å². The maximum absolute atomic E-state index is 13.4. The molecule has 12 atom stereocenters. The molecule has 0 aromatic carbocycles. The van der Waals surface area contributed by atoms with Gasteiger partial charge >= 0.3 is 0 Å². The van der Waals surface area contributed by atoms with Crippen LogP contribution in [0.2, 0.25) is 0 Å². The minimum absolute atomic E-state index is 0.247. The van der Waals surface area contributed by atoms with E-state index in [4.69, 9.17) is 18.9 Å². The summed E-state index contributed by atoms with van der Waals surface area (Å²) < 4.78 is 22.9. The van der Waals surface area contributed by atoms with Gasteiger partial charge in [-0.05, 0) is 83.5 Å². The number of aliphatic hydroxyl groups excluding tert-OH is 8. The first-order valence-electron chi connectivity index (χ1n) is 42.7. The van der Waals surface area contributed by atoms with Gasteiger partial charge in [0.05, 0.1) is 32.0 Å². The Hall–Kier alpha value is -2.57. The Morgan fingerprint density at radius 3 is 1.04 bits per heavy atom. The monoisotopic (exact) mass is 1430 g/mol. The highest BCUT2D eigenvalue weighted by Gasteiger charge is 2.51. The van der Waals surface area contributed by atoms with Gasteiger partial charge in [0.1, 0.15) is 48.8 Å². The lowest BCUT2D eigenvalue weighted by atomic mass is 9.97. The smallest absolute Gasteiger partial charge is 0.220 e. The third-order valence-corrected chi connectivity index (χ3v) is 20.6. The minimum atomic E-state index is -1.80. The highest BCUT2D eigenvalue weighted by molar-refractivity contribution is 5.76. The Kier molecular flexibility index (Phi) is 65.9. The number of nitrogens with one attached hydrogen (secondary N) is 1. The molecule has 2 rings (SSSR count). The number of hydrogen-bond acceptors (Lipinski definition) is 13. The van der Waals surface area contributed by atoms with Gasteiger partial charge in [-0.2, -0.15) is 0 Å². The number of carbonyl (C=O) groups is 1. The molecule has 0 aliphatic carbocycles. The van der Waals surface area contributed by atoms with E-state index in [1.54, 1.807) is 6.08 Å². The molecule has 2 aliphatic rings. The van der Waals surface area contributed by atoms with Crippen LogP contribution in [0, 0.1) is 0 Å². The van der Waals surface area contributed by atoms with Gasteiger partial charge in [0.15, 0.2) is 12.6 Å². The number of hydrogen-bond donors (Lipinski definition) is 9. The summed E-state index contributed by atoms with van der Waals surface area (Å²) in [5, 5.41) is 87.7. The average molecular weight is 1430 g/mol. The van der Waals surface area contributed by atoms with Crippen LogP contribution >= 0.6 is 0 Å². The van der Waals surface area contributed by atoms with Crippen LogP contribution in [0.15, 0.2) is 72.9 Å². The second-order valence-electron chi connectivity index (χ2n) is 29.9. The molecule has 0 saturated carbocycles. The quantitative estimate of drug-likeness (QED) is 0.0204. The first kappa shape index (κ1) is 94.5. The summed E-state index contributed by atoms with van der Waals surface area (Å²) in [5.41, 5.74) is 0. The number of carbonyl (C=O) groups excluding carboxylic acids is 1. The van der Waals surface area contributed by atoms with Gasteiger partial charge in [0, 0.05) is 6.42 Å². The van der Waals surface area contributed by atoms with Gasteiger partial charge in [0.25, 0.3) is 0 Å². The first-order chi connectivity index (χ1) is 49.6. The molecular weight excluding hydrogens is 1270 g/mol. The summed E-state index contributed by atoms with van der Waals surface area (Å²) in [4.78, 5) is 13.4. The molecule has 2 saturated heterocycles. The molecule has 12 unspecified atom stereocenters. The molecule has 590 valence electrons. The molecule has 0 radical (unpaired) electrons. The number of rotatable bonds is 72. The van der Waals surface area contributed by atoms with E-state index < -0.39 is 86.8 Å². The zero-order valence-electron chi connectivity index (χ0n) is 64.9. The van der Waals surface area contributed by atoms with Gasteiger partial charge in [-0.25, -0.2) is 0 Å². The van der Waals surface area contributed by atoms with Crippen LogP contribution in [0.25, 0.3) is 0 Å². The van der Waals surface area contributed by atoms with Crippen LogP contribution in [0.4, 0.5) is 0 Å². The Morgan fingerprint density at radius 2 is 0.663 bits per heavy atom. The molecule has 0 aromatic rings. The maximum Gasteiger partial charge on any atom is 0.220 e. The second-order valence-corrected chi connectivity index (χ2v) is 29.9. The molecule has 14 heteroatoms. The fourth-order valence-corrected chi connectivity index (χ4v) is 13.9. The van der Waals surface area contributed by atoms with Crippen molar-refractivity contribution < 1.29 is 64.6 Å². The molecule has 0 aromatic heterocycles. The third-order valence-electron chi connectivity index (χ3n) is 20.6. The SMILES string of the molecule is CCCCCCC/C=C\C/C=C\C/C=C\CCCCCCCCCCCCCCCCCCCCCCCCCCCCC(=O)NC(COC1OC(CO)C(OC2OC(CO)C(O)C(O)C2O)C(O)C1O)C(O)/C=C/CC/C=C/CC/C=C/CCCCCCCCCCCCCCCCCC. The van der Waals surface area contributed by atoms with Gasteiger partial charge in [-0.3, -0.25) is 4.79 Å². The zero-order chi connectivity index (χ0) is 73.0. The lowest BCUT2D eigenvalue weighted by molar-refractivity contribution is -0.359. The summed E-state index contributed by atoms with van der Waals surface area (Å²) in [6, 6.07) is -0.941. The minimum Gasteiger partial charge on any atom is -0.394 e. The fraction of sp³-hybridized carbons (Fsp3) is 0.851. The van der Waals surface area contributed by atoms with Crippen molar-refractivity contribution in [1.29, 1.82) is 0 Å². The van der Waals surface area contributed by atoms with Crippen LogP contribution in [0.5, 0.6) is 0 Å². The predicted octanol–water partition coefficient (Wildman–Crippen LogP) is 20.1. The van der Waals surface area contributed by atoms with Crippen molar-refractivity contribution in [3.05, 3.63) is 72.9 Å². The Labute approximate surface area is 618 Å². The highest BCUT2D eigenvalue weighted by Crippen LogP contribution is 2.30. The van der Waals surface area contributed by atoms with Crippen molar-refractivity contribution in [3.8, 4) is 0 Å². The van der Waals surface area contributed by atoms with Crippen molar-refractivity contribution in [2.75, 3.05) is 19.8 Å². The van der Waals surface area contributed by atoms with Crippen LogP contribution in [-0.4, -0.2) is 140 Å². The average Bonchev–Trinajstić information content (AvgIpc) is 0.792. The molecule has 2 aliphatic heterocycles. The second kappa shape index (κ2) is 70.4. The van der Waals surface area contributed by atoms with E-state index in [1.165, 1.54) is 289 Å². The Morgan fingerprint density at radius 1 is 0.356 bits per heavy atom. The Bertz CT molecular complexity index is 1980. The lowest BCUT2D eigenvalue weighted by Crippen LogP contribution is -2.65. The standard InChI is InChI=1S/C87H159NO13/c1-3-5-7-9-11-13-15-17-19-21-23-25-27-29-31-32-33-34-35-36-37-38-39-40-41-42-43-44-45-47-49-51-53-55-57-59-61-63-65-67-69-71-79(92)88-75(74-98-86-84(97)82(95)85(78(73-90)100-86)101-87-83(96)81(94)80(93)77(72-89)99-87)76(91)70-68-66-64-62-60-58-56-54-52-50-48-46-30-28-26-24-22-20-18-16-14-12-10-8-6-4-2/h15,17,21,23,27,29,52,54,60,62,68,70,75-78,80-87,89-91,93-97H,3-14,16,18-20,22,24-26,28,30-51,53,55-59,61,63-67,69,71-74H2,1-2H3,(H,88,92)/b17-15-,23-21-,29-27-,54-52+,62-60+,70-68+. The number of ether oxygens (including phenoxy) is 4. The van der Waals surface area contributed by atoms with Crippen LogP contribution < -0.4 is 5.32 Å². The molecule has 0 spiro atoms. The molecule has 0 bridgehead atoms. The maximum atomic E-state index is 13.4. The van der Waals surface area contributed by atoms with Gasteiger partial charge < -0.3 is 65.1 Å². The van der Waals surface area contributed by atoms with Crippen molar-refractivity contribution in [1.82, 2.24) is 5.32 Å². The van der Waals surface area contributed by atoms with E-state index >= 15 is 0 Å². The van der Waals surface area contributed by atoms with E-state index in [0.717, 1.165) is 57.8 Å². The molecular formula is C87H159NO13. The lowest BCUT2D eigenvalue weighted by Gasteiger charge is -2.46. The van der Waals surface area contributed by atoms with E-state index in [-0.39, 0.29) is 18.9 Å². The van der Waals surface area contributed by atoms with Crippen molar-refractivity contribution in [2.24, 2.45) is 0 Å². The van der Waals surface area contributed by atoms with Gasteiger partial charge in [-0.1, -0.05) is 363 Å². The molecule has 2 heterocycles. The molecule has 9 N–H and O–H groups in total. The van der Waals surface area contributed by atoms with Gasteiger partial charge in [-0.15, -0.1) is 0 Å². The van der Waals surface area contributed by atoms with Crippen LogP contribution in [0.1, 0.15) is 380 Å². The van der Waals surface area contributed by atoms with E-state index in [2.05, 4.69) is 79.9 Å². The van der Waals surface area contributed by atoms with Gasteiger partial charge in [0.2, 0.25) is 5.91 Å². The van der Waals surface area contributed by atoms with Crippen molar-refractivity contribution in [2.45, 2.75) is 453 Å². The molecule has 2 fully saturated rings. The van der Waals surface area contributed by atoms with Crippen molar-refractivity contribution in [3.63, 3.8) is 0 Å². The molecule has 1 amide bonds. The normalized spacial score (nSPS) is 22.1. The Balaban J connectivity index is 1.58. The first-order valence-corrected chi connectivity index (χ1v) is 42.7. The van der Waals surface area contributed by atoms with E-state index in [1.807, 2.05) is 6.08 Å². The summed E-state index contributed by atoms with van der Waals surface area (Å²) >= 11 is 0. The van der Waals surface area contributed by atoms with Crippen LogP contribution in [-0.2, 0) is 23.7 Å².